The Morgan fingerprint density at radius 2 is 1.81 bits per heavy atom. The van der Waals surface area contributed by atoms with Crippen LogP contribution in [0.5, 0.6) is 5.75 Å². The van der Waals surface area contributed by atoms with Crippen molar-refractivity contribution in [2.75, 3.05) is 12.4 Å². The summed E-state index contributed by atoms with van der Waals surface area (Å²) < 4.78 is 18.7. The van der Waals surface area contributed by atoms with Crippen molar-refractivity contribution in [1.82, 2.24) is 15.2 Å². The van der Waals surface area contributed by atoms with Crippen LogP contribution in [0.15, 0.2) is 54.6 Å². The van der Waals surface area contributed by atoms with Gasteiger partial charge in [0, 0.05) is 22.7 Å². The van der Waals surface area contributed by atoms with Crippen molar-refractivity contribution in [3.63, 3.8) is 0 Å². The molecule has 0 fully saturated rings. The minimum Gasteiger partial charge on any atom is -0.497 e. The highest BCUT2D eigenvalue weighted by molar-refractivity contribution is 5.97. The molecule has 130 valence electrons. The van der Waals surface area contributed by atoms with E-state index in [0.29, 0.717) is 11.6 Å². The number of hydrogen-bond donors (Lipinski definition) is 2. The molecule has 0 atom stereocenters. The minimum absolute atomic E-state index is 0.277. The lowest BCUT2D eigenvalue weighted by atomic mass is 10.0. The number of H-pyrrole nitrogens is 1. The standard InChI is InChI=1S/C20H17FN4O/c1-12-9-19(25-24-12)22-18-11-14-10-16(26-2)7-8-17(14)20(23-18)13-3-5-15(21)6-4-13/h3-11H,1-2H3,(H2,22,23,24,25). The SMILES string of the molecule is COc1ccc2c(-c3ccc(F)cc3)nc(Nc3cc(C)[nH]n3)cc2c1. The first-order chi connectivity index (χ1) is 12.6. The van der Waals surface area contributed by atoms with Gasteiger partial charge in [0.1, 0.15) is 17.4 Å². The lowest BCUT2D eigenvalue weighted by Gasteiger charge is -2.11. The normalized spacial score (nSPS) is 10.9. The van der Waals surface area contributed by atoms with Crippen molar-refractivity contribution in [3.8, 4) is 17.0 Å². The van der Waals surface area contributed by atoms with Gasteiger partial charge < -0.3 is 10.1 Å². The quantitative estimate of drug-likeness (QED) is 0.555. The van der Waals surface area contributed by atoms with Gasteiger partial charge in [-0.15, -0.1) is 0 Å². The van der Waals surface area contributed by atoms with Crippen LogP contribution >= 0.6 is 0 Å². The van der Waals surface area contributed by atoms with Crippen molar-refractivity contribution in [1.29, 1.82) is 0 Å². The first-order valence-corrected chi connectivity index (χ1v) is 8.16. The summed E-state index contributed by atoms with van der Waals surface area (Å²) >= 11 is 0. The second-order valence-electron chi connectivity index (χ2n) is 6.01. The summed E-state index contributed by atoms with van der Waals surface area (Å²) in [7, 11) is 1.63. The molecule has 0 unspecified atom stereocenters. The Morgan fingerprint density at radius 3 is 2.50 bits per heavy atom. The van der Waals surface area contributed by atoms with E-state index in [1.54, 1.807) is 19.2 Å². The summed E-state index contributed by atoms with van der Waals surface area (Å²) in [5.74, 6) is 1.82. The highest BCUT2D eigenvalue weighted by Gasteiger charge is 2.11. The molecule has 6 heteroatoms. The molecule has 0 saturated heterocycles. The zero-order valence-corrected chi connectivity index (χ0v) is 14.4. The largest absolute Gasteiger partial charge is 0.497 e. The third kappa shape index (κ3) is 3.09. The van der Waals surface area contributed by atoms with E-state index in [-0.39, 0.29) is 5.82 Å². The highest BCUT2D eigenvalue weighted by Crippen LogP contribution is 2.32. The molecule has 0 bridgehead atoms. The lowest BCUT2D eigenvalue weighted by Crippen LogP contribution is -1.97. The number of halogens is 1. The molecule has 0 aliphatic carbocycles. The second-order valence-corrected chi connectivity index (χ2v) is 6.01. The zero-order valence-electron chi connectivity index (χ0n) is 14.4. The summed E-state index contributed by atoms with van der Waals surface area (Å²) in [6.07, 6.45) is 0. The number of ether oxygens (including phenoxy) is 1. The summed E-state index contributed by atoms with van der Waals surface area (Å²) in [6, 6.07) is 16.0. The maximum atomic E-state index is 13.3. The molecule has 0 aliphatic heterocycles. The first kappa shape index (κ1) is 16.1. The number of rotatable bonds is 4. The smallest absolute Gasteiger partial charge is 0.153 e. The van der Waals surface area contributed by atoms with E-state index >= 15 is 0 Å². The van der Waals surface area contributed by atoms with Gasteiger partial charge in [0.2, 0.25) is 0 Å². The number of aromatic nitrogens is 3. The van der Waals surface area contributed by atoms with E-state index in [9.17, 15) is 4.39 Å². The molecule has 0 aliphatic rings. The van der Waals surface area contributed by atoms with Crippen molar-refractivity contribution < 1.29 is 9.13 Å². The van der Waals surface area contributed by atoms with Crippen LogP contribution in [0.3, 0.4) is 0 Å². The van der Waals surface area contributed by atoms with Crippen LogP contribution < -0.4 is 10.1 Å². The Kier molecular flexibility index (Phi) is 4.01. The van der Waals surface area contributed by atoms with E-state index < -0.39 is 0 Å². The van der Waals surface area contributed by atoms with Crippen LogP contribution in [0.4, 0.5) is 16.0 Å². The second kappa shape index (κ2) is 6.48. The van der Waals surface area contributed by atoms with Gasteiger partial charge in [0.25, 0.3) is 0 Å². The highest BCUT2D eigenvalue weighted by atomic mass is 19.1. The van der Waals surface area contributed by atoms with Crippen LogP contribution in [-0.4, -0.2) is 22.3 Å². The van der Waals surface area contributed by atoms with Crippen LogP contribution in [0.25, 0.3) is 22.0 Å². The number of aromatic amines is 1. The topological polar surface area (TPSA) is 62.8 Å². The Bertz CT molecular complexity index is 1070. The molecule has 2 heterocycles. The molecule has 0 amide bonds. The maximum Gasteiger partial charge on any atom is 0.153 e. The van der Waals surface area contributed by atoms with Crippen molar-refractivity contribution >= 4 is 22.4 Å². The average molecular weight is 348 g/mol. The lowest BCUT2D eigenvalue weighted by molar-refractivity contribution is 0.415. The number of hydrogen-bond acceptors (Lipinski definition) is 4. The average Bonchev–Trinajstić information content (AvgIpc) is 3.06. The molecule has 5 nitrogen and oxygen atoms in total. The molecule has 4 rings (SSSR count). The predicted molar refractivity (Wildman–Crippen MR) is 100 cm³/mol. The molecular weight excluding hydrogens is 331 g/mol. The number of nitrogens with zero attached hydrogens (tertiary/aromatic N) is 2. The molecule has 2 aromatic heterocycles. The van der Waals surface area contributed by atoms with Gasteiger partial charge in [0.05, 0.1) is 12.8 Å². The number of aryl methyl sites for hydroxylation is 1. The fourth-order valence-electron chi connectivity index (χ4n) is 2.87. The third-order valence-electron chi connectivity index (χ3n) is 4.12. The van der Waals surface area contributed by atoms with Gasteiger partial charge >= 0.3 is 0 Å². The number of anilines is 2. The van der Waals surface area contributed by atoms with E-state index in [4.69, 9.17) is 9.72 Å². The number of methoxy groups -OCH3 is 1. The first-order valence-electron chi connectivity index (χ1n) is 8.16. The van der Waals surface area contributed by atoms with E-state index in [1.807, 2.05) is 37.3 Å². The van der Waals surface area contributed by atoms with Gasteiger partial charge in [-0.25, -0.2) is 9.37 Å². The van der Waals surface area contributed by atoms with E-state index in [2.05, 4.69) is 15.5 Å². The summed E-state index contributed by atoms with van der Waals surface area (Å²) in [6.45, 7) is 1.93. The van der Waals surface area contributed by atoms with E-state index in [1.165, 1.54) is 12.1 Å². The van der Waals surface area contributed by atoms with Crippen molar-refractivity contribution in [3.05, 3.63) is 66.1 Å². The summed E-state index contributed by atoms with van der Waals surface area (Å²) in [5.41, 5.74) is 2.55. The Hall–Kier alpha value is -3.41. The van der Waals surface area contributed by atoms with Gasteiger partial charge in [0.15, 0.2) is 5.82 Å². The minimum atomic E-state index is -0.277. The number of pyridine rings is 1. The van der Waals surface area contributed by atoms with Crippen LogP contribution in [0, 0.1) is 12.7 Å². The van der Waals surface area contributed by atoms with Crippen LogP contribution in [0.1, 0.15) is 5.69 Å². The Labute approximate surface area is 149 Å². The number of nitrogens with one attached hydrogen (secondary N) is 2. The van der Waals surface area contributed by atoms with Crippen LogP contribution in [-0.2, 0) is 0 Å². The molecule has 0 saturated carbocycles. The van der Waals surface area contributed by atoms with Gasteiger partial charge in [-0.3, -0.25) is 5.10 Å². The summed E-state index contributed by atoms with van der Waals surface area (Å²) in [4.78, 5) is 4.73. The van der Waals surface area contributed by atoms with Gasteiger partial charge in [-0.2, -0.15) is 5.10 Å². The monoisotopic (exact) mass is 348 g/mol. The van der Waals surface area contributed by atoms with Gasteiger partial charge in [-0.05, 0) is 60.8 Å². The van der Waals surface area contributed by atoms with Crippen molar-refractivity contribution in [2.24, 2.45) is 0 Å². The molecule has 2 aromatic carbocycles. The molecule has 0 spiro atoms. The molecule has 0 radical (unpaired) electrons. The molecular formula is C20H17FN4O. The zero-order chi connectivity index (χ0) is 18.1. The van der Waals surface area contributed by atoms with Crippen molar-refractivity contribution in [2.45, 2.75) is 6.92 Å². The number of fused-ring (bicyclic) bond motifs is 1. The van der Waals surface area contributed by atoms with Gasteiger partial charge in [-0.1, -0.05) is 0 Å². The maximum absolute atomic E-state index is 13.3. The Balaban J connectivity index is 1.88. The predicted octanol–water partition coefficient (Wildman–Crippen LogP) is 4.82. The Morgan fingerprint density at radius 1 is 1.00 bits per heavy atom. The molecule has 26 heavy (non-hydrogen) atoms. The third-order valence-corrected chi connectivity index (χ3v) is 4.12. The fraction of sp³-hybridized carbons (Fsp3) is 0.100. The number of benzene rings is 2. The van der Waals surface area contributed by atoms with E-state index in [0.717, 1.165) is 33.5 Å². The molecule has 2 N–H and O–H groups in total. The summed E-state index contributed by atoms with van der Waals surface area (Å²) in [5, 5.41) is 12.2. The van der Waals surface area contributed by atoms with Crippen LogP contribution in [0.2, 0.25) is 0 Å². The fourth-order valence-corrected chi connectivity index (χ4v) is 2.87. The molecule has 4 aromatic rings.